The van der Waals surface area contributed by atoms with Crippen molar-refractivity contribution in [2.24, 2.45) is 0 Å². The molecule has 26 heavy (non-hydrogen) atoms. The molecule has 0 N–H and O–H groups in total. The number of carbonyl (C=O) groups is 1. The lowest BCUT2D eigenvalue weighted by atomic mass is 10.2. The lowest BCUT2D eigenvalue weighted by molar-refractivity contribution is -0.116. The quantitative estimate of drug-likeness (QED) is 0.576. The molecule has 136 valence electrons. The van der Waals surface area contributed by atoms with Gasteiger partial charge in [-0.25, -0.2) is 9.97 Å². The van der Waals surface area contributed by atoms with E-state index < -0.39 is 0 Å². The van der Waals surface area contributed by atoms with Crippen molar-refractivity contribution < 1.29 is 9.53 Å². The second-order valence-electron chi connectivity index (χ2n) is 5.69. The lowest BCUT2D eigenvalue weighted by Crippen LogP contribution is -2.27. The van der Waals surface area contributed by atoms with Crippen LogP contribution >= 0.6 is 34.5 Å². The first kappa shape index (κ1) is 18.9. The number of pyridine rings is 1. The van der Waals surface area contributed by atoms with Crippen LogP contribution in [-0.2, 0) is 11.4 Å². The molecule has 3 aromatic rings. The maximum atomic E-state index is 11.6. The van der Waals surface area contributed by atoms with Gasteiger partial charge in [-0.1, -0.05) is 23.2 Å². The molecule has 2 aromatic heterocycles. The second kappa shape index (κ2) is 7.78. The van der Waals surface area contributed by atoms with E-state index in [9.17, 15) is 4.79 Å². The second-order valence-corrected chi connectivity index (χ2v) is 7.34. The van der Waals surface area contributed by atoms with Crippen LogP contribution in [0.2, 0.25) is 10.0 Å². The van der Waals surface area contributed by atoms with Gasteiger partial charge in [-0.3, -0.25) is 9.69 Å². The van der Waals surface area contributed by atoms with Crippen molar-refractivity contribution in [1.82, 2.24) is 9.97 Å². The number of thiazole rings is 1. The van der Waals surface area contributed by atoms with E-state index in [1.54, 1.807) is 11.0 Å². The molecule has 3 rings (SSSR count). The number of aromatic nitrogens is 2. The van der Waals surface area contributed by atoms with Gasteiger partial charge in [-0.05, 0) is 32.0 Å². The van der Waals surface area contributed by atoms with Crippen LogP contribution in [0.25, 0.3) is 10.9 Å². The van der Waals surface area contributed by atoms with E-state index in [-0.39, 0.29) is 12.5 Å². The summed E-state index contributed by atoms with van der Waals surface area (Å²) in [6, 6.07) is 5.44. The number of aryl methyl sites for hydroxylation is 1. The Labute approximate surface area is 165 Å². The number of amides is 1. The number of ether oxygens (including phenoxy) is 1. The third-order valence-corrected chi connectivity index (χ3v) is 5.31. The summed E-state index contributed by atoms with van der Waals surface area (Å²) in [5.41, 5.74) is 2.19. The van der Waals surface area contributed by atoms with Crippen LogP contribution in [0.5, 0.6) is 5.75 Å². The summed E-state index contributed by atoms with van der Waals surface area (Å²) in [5, 5.41) is 4.23. The molecule has 0 atom stereocenters. The number of nitrogens with zero attached hydrogens (tertiary/aromatic N) is 3. The van der Waals surface area contributed by atoms with Crippen molar-refractivity contribution in [1.29, 1.82) is 0 Å². The zero-order valence-electron chi connectivity index (χ0n) is 14.5. The van der Waals surface area contributed by atoms with Gasteiger partial charge in [-0.2, -0.15) is 0 Å². The Hall–Kier alpha value is -1.89. The fourth-order valence-corrected chi connectivity index (χ4v) is 4.04. The minimum Gasteiger partial charge on any atom is -0.483 e. The van der Waals surface area contributed by atoms with Crippen LogP contribution < -0.4 is 9.64 Å². The zero-order chi connectivity index (χ0) is 18.8. The number of rotatable bonds is 5. The van der Waals surface area contributed by atoms with E-state index in [2.05, 4.69) is 9.97 Å². The zero-order valence-corrected chi connectivity index (χ0v) is 16.9. The van der Waals surface area contributed by atoms with E-state index in [0.29, 0.717) is 33.0 Å². The Balaban J connectivity index is 1.88. The first-order valence-electron chi connectivity index (χ1n) is 8.01. The molecule has 0 fully saturated rings. The lowest BCUT2D eigenvalue weighted by Gasteiger charge is -2.14. The summed E-state index contributed by atoms with van der Waals surface area (Å²) < 4.78 is 5.92. The highest BCUT2D eigenvalue weighted by atomic mass is 35.5. The van der Waals surface area contributed by atoms with E-state index in [1.807, 2.05) is 31.4 Å². The van der Waals surface area contributed by atoms with Gasteiger partial charge >= 0.3 is 0 Å². The maximum absolute atomic E-state index is 11.6. The SMILES string of the molecule is CCN(C(C)=O)c1nc(COc2c(Cl)cc(Cl)c3ccc(C)nc23)cs1. The minimum absolute atomic E-state index is 0.0410. The number of hydrogen-bond acceptors (Lipinski definition) is 5. The molecule has 0 aliphatic heterocycles. The van der Waals surface area contributed by atoms with Crippen molar-refractivity contribution in [2.75, 3.05) is 11.4 Å². The molecular weight excluding hydrogens is 393 g/mol. The predicted octanol–water partition coefficient (Wildman–Crippen LogP) is 5.26. The van der Waals surface area contributed by atoms with Crippen molar-refractivity contribution in [3.8, 4) is 5.75 Å². The molecular formula is C18H17Cl2N3O2S. The molecule has 0 aliphatic rings. The molecule has 0 aliphatic carbocycles. The number of anilines is 1. The normalized spacial score (nSPS) is 11.0. The third-order valence-electron chi connectivity index (χ3n) is 3.81. The monoisotopic (exact) mass is 409 g/mol. The Morgan fingerprint density at radius 1 is 1.27 bits per heavy atom. The average molecular weight is 410 g/mol. The molecule has 0 saturated heterocycles. The van der Waals surface area contributed by atoms with Crippen LogP contribution in [0.4, 0.5) is 5.13 Å². The highest BCUT2D eigenvalue weighted by molar-refractivity contribution is 7.14. The molecule has 1 aromatic carbocycles. The van der Waals surface area contributed by atoms with Crippen LogP contribution in [-0.4, -0.2) is 22.4 Å². The van der Waals surface area contributed by atoms with Gasteiger partial charge in [0.15, 0.2) is 10.9 Å². The van der Waals surface area contributed by atoms with Gasteiger partial charge in [0.25, 0.3) is 0 Å². The predicted molar refractivity (Wildman–Crippen MR) is 107 cm³/mol. The highest BCUT2D eigenvalue weighted by Crippen LogP contribution is 2.37. The van der Waals surface area contributed by atoms with Gasteiger partial charge in [-0.15, -0.1) is 11.3 Å². The van der Waals surface area contributed by atoms with Gasteiger partial charge in [0.1, 0.15) is 12.1 Å². The number of carbonyl (C=O) groups excluding carboxylic acids is 1. The topological polar surface area (TPSA) is 55.3 Å². The standard InChI is InChI=1S/C18H17Cl2N3O2S/c1-4-23(11(3)24)18-22-12(9-26-18)8-25-17-15(20)7-14(19)13-6-5-10(2)21-16(13)17/h5-7,9H,4,8H2,1-3H3. The number of hydrogen-bond donors (Lipinski definition) is 0. The Morgan fingerprint density at radius 3 is 2.73 bits per heavy atom. The highest BCUT2D eigenvalue weighted by Gasteiger charge is 2.16. The summed E-state index contributed by atoms with van der Waals surface area (Å²) in [7, 11) is 0. The van der Waals surface area contributed by atoms with E-state index >= 15 is 0 Å². The van der Waals surface area contributed by atoms with Crippen molar-refractivity contribution >= 4 is 56.5 Å². The number of fused-ring (bicyclic) bond motifs is 1. The van der Waals surface area contributed by atoms with Crippen LogP contribution in [0.15, 0.2) is 23.6 Å². The fraction of sp³-hybridized carbons (Fsp3) is 0.278. The molecule has 0 radical (unpaired) electrons. The summed E-state index contributed by atoms with van der Waals surface area (Å²) in [6.07, 6.45) is 0. The molecule has 5 nitrogen and oxygen atoms in total. The summed E-state index contributed by atoms with van der Waals surface area (Å²) in [5.74, 6) is 0.434. The average Bonchev–Trinajstić information content (AvgIpc) is 3.03. The van der Waals surface area contributed by atoms with Crippen molar-refractivity contribution in [2.45, 2.75) is 27.4 Å². The number of benzene rings is 1. The third kappa shape index (κ3) is 3.77. The Kier molecular flexibility index (Phi) is 5.65. The van der Waals surface area contributed by atoms with Gasteiger partial charge < -0.3 is 4.74 Å². The first-order chi connectivity index (χ1) is 12.4. The Morgan fingerprint density at radius 2 is 2.04 bits per heavy atom. The van der Waals surface area contributed by atoms with Gasteiger partial charge in [0, 0.05) is 29.9 Å². The molecule has 8 heteroatoms. The van der Waals surface area contributed by atoms with Gasteiger partial charge in [0.2, 0.25) is 5.91 Å². The van der Waals surface area contributed by atoms with E-state index in [4.69, 9.17) is 27.9 Å². The summed E-state index contributed by atoms with van der Waals surface area (Å²) in [4.78, 5) is 22.2. The minimum atomic E-state index is -0.0410. The van der Waals surface area contributed by atoms with Gasteiger partial charge in [0.05, 0.1) is 15.7 Å². The smallest absolute Gasteiger partial charge is 0.225 e. The Bertz CT molecular complexity index is 974. The largest absolute Gasteiger partial charge is 0.483 e. The number of halogens is 2. The van der Waals surface area contributed by atoms with Crippen LogP contribution in [0.3, 0.4) is 0 Å². The van der Waals surface area contributed by atoms with Crippen molar-refractivity contribution in [3.05, 3.63) is 45.0 Å². The fourth-order valence-electron chi connectivity index (χ4n) is 2.55. The molecule has 0 spiro atoms. The van der Waals surface area contributed by atoms with Crippen molar-refractivity contribution in [3.63, 3.8) is 0 Å². The maximum Gasteiger partial charge on any atom is 0.225 e. The molecule has 0 saturated carbocycles. The molecule has 0 unspecified atom stereocenters. The van der Waals surface area contributed by atoms with E-state index in [0.717, 1.165) is 16.8 Å². The molecule has 1 amide bonds. The summed E-state index contributed by atoms with van der Waals surface area (Å²) in [6.45, 7) is 6.12. The first-order valence-corrected chi connectivity index (χ1v) is 9.65. The summed E-state index contributed by atoms with van der Waals surface area (Å²) >= 11 is 14.0. The molecule has 2 heterocycles. The van der Waals surface area contributed by atoms with Crippen LogP contribution in [0.1, 0.15) is 25.2 Å². The molecule has 0 bridgehead atoms. The van der Waals surface area contributed by atoms with Crippen LogP contribution in [0, 0.1) is 6.92 Å². The van der Waals surface area contributed by atoms with E-state index in [1.165, 1.54) is 18.3 Å².